The van der Waals surface area contributed by atoms with Crippen LogP contribution >= 0.6 is 0 Å². The first kappa shape index (κ1) is 17.0. The number of likely N-dealkylation sites (N-methyl/N-ethyl adjacent to an activating group) is 1. The van der Waals surface area contributed by atoms with Crippen LogP contribution in [-0.4, -0.2) is 81.8 Å². The smallest absolute Gasteiger partial charge is 0.227 e. The van der Waals surface area contributed by atoms with Gasteiger partial charge >= 0.3 is 0 Å². The van der Waals surface area contributed by atoms with E-state index < -0.39 is 0 Å². The van der Waals surface area contributed by atoms with Crippen LogP contribution < -0.4 is 4.90 Å². The number of rotatable bonds is 3. The van der Waals surface area contributed by atoms with E-state index in [0.717, 1.165) is 63.7 Å². The topological polar surface area (TPSA) is 70.4 Å². The Morgan fingerprint density at radius 3 is 2.69 bits per heavy atom. The molecule has 2 fully saturated rings. The minimum absolute atomic E-state index is 0.0512. The average molecular weight is 355 g/mol. The van der Waals surface area contributed by atoms with Crippen LogP contribution in [0.3, 0.4) is 0 Å². The fourth-order valence-corrected chi connectivity index (χ4v) is 3.71. The highest BCUT2D eigenvalue weighted by molar-refractivity contribution is 5.80. The lowest BCUT2D eigenvalue weighted by atomic mass is 9.96. The fraction of sp³-hybridized carbons (Fsp3) is 0.556. The average Bonchev–Trinajstić information content (AvgIpc) is 3.23. The molecule has 1 amide bonds. The summed E-state index contributed by atoms with van der Waals surface area (Å²) in [5.41, 5.74) is 0. The maximum Gasteiger partial charge on any atom is 0.227 e. The summed E-state index contributed by atoms with van der Waals surface area (Å²) in [4.78, 5) is 28.2. The Hall–Kier alpha value is -2.48. The number of carbonyl (C=O) groups excluding carboxylic acids is 1. The molecule has 26 heavy (non-hydrogen) atoms. The third-order valence-electron chi connectivity index (χ3n) is 5.29. The van der Waals surface area contributed by atoms with Crippen molar-refractivity contribution in [3.8, 4) is 5.82 Å². The molecule has 4 heterocycles. The maximum absolute atomic E-state index is 12.9. The Morgan fingerprint density at radius 2 is 1.92 bits per heavy atom. The molecule has 0 aromatic carbocycles. The minimum Gasteiger partial charge on any atom is -0.356 e. The normalized spacial score (nSPS) is 21.8. The van der Waals surface area contributed by atoms with Crippen molar-refractivity contribution in [2.75, 3.05) is 51.2 Å². The molecular weight excluding hydrogens is 330 g/mol. The van der Waals surface area contributed by atoms with Crippen molar-refractivity contribution in [2.24, 2.45) is 5.92 Å². The van der Waals surface area contributed by atoms with E-state index in [1.54, 1.807) is 17.2 Å². The van der Waals surface area contributed by atoms with E-state index in [-0.39, 0.29) is 5.92 Å². The number of carbonyl (C=O) groups is 1. The molecule has 1 atom stereocenters. The summed E-state index contributed by atoms with van der Waals surface area (Å²) in [5.74, 6) is 1.95. The van der Waals surface area contributed by atoms with Gasteiger partial charge in [-0.05, 0) is 26.0 Å². The summed E-state index contributed by atoms with van der Waals surface area (Å²) in [6.07, 6.45) is 7.12. The summed E-state index contributed by atoms with van der Waals surface area (Å²) < 4.78 is 1.72. The zero-order chi connectivity index (χ0) is 17.9. The number of hydrogen-bond donors (Lipinski definition) is 0. The summed E-state index contributed by atoms with van der Waals surface area (Å²) in [7, 11) is 2.11. The third kappa shape index (κ3) is 3.55. The molecular formula is C18H25N7O. The van der Waals surface area contributed by atoms with Crippen LogP contribution in [-0.2, 0) is 4.79 Å². The molecule has 8 nitrogen and oxygen atoms in total. The minimum atomic E-state index is 0.0512. The highest BCUT2D eigenvalue weighted by Gasteiger charge is 2.31. The summed E-state index contributed by atoms with van der Waals surface area (Å²) >= 11 is 0. The van der Waals surface area contributed by atoms with Gasteiger partial charge in [-0.1, -0.05) is 0 Å². The number of aromatic nitrogens is 4. The van der Waals surface area contributed by atoms with Crippen LogP contribution in [0.2, 0.25) is 0 Å². The van der Waals surface area contributed by atoms with Gasteiger partial charge in [0.05, 0.1) is 5.92 Å². The van der Waals surface area contributed by atoms with Crippen molar-refractivity contribution in [3.05, 3.63) is 30.9 Å². The first-order valence-electron chi connectivity index (χ1n) is 9.25. The highest BCUT2D eigenvalue weighted by Crippen LogP contribution is 2.24. The maximum atomic E-state index is 12.9. The van der Waals surface area contributed by atoms with Crippen molar-refractivity contribution in [1.29, 1.82) is 0 Å². The van der Waals surface area contributed by atoms with Crippen molar-refractivity contribution in [1.82, 2.24) is 29.5 Å². The van der Waals surface area contributed by atoms with Crippen molar-refractivity contribution >= 4 is 11.7 Å². The largest absolute Gasteiger partial charge is 0.356 e. The molecule has 0 bridgehead atoms. The second-order valence-electron chi connectivity index (χ2n) is 7.10. The zero-order valence-corrected chi connectivity index (χ0v) is 15.2. The van der Waals surface area contributed by atoms with E-state index in [0.29, 0.717) is 5.91 Å². The fourth-order valence-electron chi connectivity index (χ4n) is 3.71. The molecule has 0 N–H and O–H groups in total. The molecule has 0 saturated carbocycles. The predicted molar refractivity (Wildman–Crippen MR) is 98.2 cm³/mol. The molecule has 8 heteroatoms. The van der Waals surface area contributed by atoms with Gasteiger partial charge in [0.1, 0.15) is 12.1 Å². The van der Waals surface area contributed by atoms with Crippen molar-refractivity contribution in [2.45, 2.75) is 12.8 Å². The lowest BCUT2D eigenvalue weighted by Gasteiger charge is -2.38. The molecule has 1 unspecified atom stereocenters. The van der Waals surface area contributed by atoms with Crippen molar-refractivity contribution < 1.29 is 4.79 Å². The van der Waals surface area contributed by atoms with E-state index in [4.69, 9.17) is 0 Å². The second-order valence-corrected chi connectivity index (χ2v) is 7.10. The molecule has 4 rings (SSSR count). The monoisotopic (exact) mass is 355 g/mol. The number of piperidine rings is 1. The Labute approximate surface area is 153 Å². The lowest BCUT2D eigenvalue weighted by Crippen LogP contribution is -2.51. The number of anilines is 1. The van der Waals surface area contributed by atoms with Crippen LogP contribution in [0, 0.1) is 5.92 Å². The molecule has 2 aromatic rings. The van der Waals surface area contributed by atoms with Gasteiger partial charge in [-0.25, -0.2) is 14.6 Å². The standard InChI is InChI=1S/C18H25N7O/c1-22-8-10-23(11-9-22)18(26)15-4-2-6-24(13-15)16-12-17(20-14-19-16)25-7-3-5-21-25/h3,5,7,12,14-15H,2,4,6,8-11,13H2,1H3. The Morgan fingerprint density at radius 1 is 1.12 bits per heavy atom. The molecule has 138 valence electrons. The Kier molecular flexibility index (Phi) is 4.83. The summed E-state index contributed by atoms with van der Waals surface area (Å²) in [6, 6.07) is 3.81. The molecule has 2 aromatic heterocycles. The van der Waals surface area contributed by atoms with Gasteiger partial charge in [0.15, 0.2) is 5.82 Å². The molecule has 0 aliphatic carbocycles. The van der Waals surface area contributed by atoms with Crippen LogP contribution in [0.5, 0.6) is 0 Å². The highest BCUT2D eigenvalue weighted by atomic mass is 16.2. The van der Waals surface area contributed by atoms with E-state index >= 15 is 0 Å². The first-order chi connectivity index (χ1) is 12.7. The SMILES string of the molecule is CN1CCN(C(=O)C2CCCN(c3cc(-n4cccn4)ncn3)C2)CC1. The number of hydrogen-bond acceptors (Lipinski definition) is 6. The van der Waals surface area contributed by atoms with Crippen LogP contribution in [0.25, 0.3) is 5.82 Å². The van der Waals surface area contributed by atoms with Gasteiger partial charge in [0.25, 0.3) is 0 Å². The number of piperazine rings is 1. The van der Waals surface area contributed by atoms with E-state index in [2.05, 4.69) is 31.9 Å². The first-order valence-corrected chi connectivity index (χ1v) is 9.25. The van der Waals surface area contributed by atoms with Gasteiger partial charge in [-0.2, -0.15) is 5.10 Å². The van der Waals surface area contributed by atoms with E-state index in [1.165, 1.54) is 0 Å². The van der Waals surface area contributed by atoms with E-state index in [1.807, 2.05) is 23.2 Å². The molecule has 0 spiro atoms. The zero-order valence-electron chi connectivity index (χ0n) is 15.2. The van der Waals surface area contributed by atoms with Crippen LogP contribution in [0.1, 0.15) is 12.8 Å². The Bertz CT molecular complexity index is 740. The van der Waals surface area contributed by atoms with Gasteiger partial charge in [0.2, 0.25) is 5.91 Å². The summed E-state index contributed by atoms with van der Waals surface area (Å²) in [6.45, 7) is 5.23. The predicted octanol–water partition coefficient (Wildman–Crippen LogP) is 0.653. The quantitative estimate of drug-likeness (QED) is 0.805. The van der Waals surface area contributed by atoms with Crippen LogP contribution in [0.15, 0.2) is 30.9 Å². The molecule has 0 radical (unpaired) electrons. The lowest BCUT2D eigenvalue weighted by molar-refractivity contribution is -0.137. The third-order valence-corrected chi connectivity index (χ3v) is 5.29. The molecule has 2 saturated heterocycles. The second kappa shape index (κ2) is 7.41. The van der Waals surface area contributed by atoms with Gasteiger partial charge in [0, 0.05) is 57.7 Å². The summed E-state index contributed by atoms with van der Waals surface area (Å²) in [5, 5.41) is 4.23. The van der Waals surface area contributed by atoms with Crippen molar-refractivity contribution in [3.63, 3.8) is 0 Å². The van der Waals surface area contributed by atoms with Gasteiger partial charge in [-0.15, -0.1) is 0 Å². The Balaban J connectivity index is 1.45. The molecule has 2 aliphatic rings. The van der Waals surface area contributed by atoms with Crippen LogP contribution in [0.4, 0.5) is 5.82 Å². The van der Waals surface area contributed by atoms with E-state index in [9.17, 15) is 4.79 Å². The number of nitrogens with zero attached hydrogens (tertiary/aromatic N) is 7. The van der Waals surface area contributed by atoms with Gasteiger partial charge in [-0.3, -0.25) is 4.79 Å². The number of amides is 1. The molecule has 2 aliphatic heterocycles. The van der Waals surface area contributed by atoms with Gasteiger partial charge < -0.3 is 14.7 Å².